The lowest BCUT2D eigenvalue weighted by atomic mass is 10.1. The largest absolute Gasteiger partial charge is 0.573 e. The van der Waals surface area contributed by atoms with Crippen LogP contribution >= 0.6 is 0 Å². The van der Waals surface area contributed by atoms with E-state index in [4.69, 9.17) is 4.74 Å². The van der Waals surface area contributed by atoms with Crippen molar-refractivity contribution in [1.29, 1.82) is 0 Å². The Labute approximate surface area is 96.5 Å². The van der Waals surface area contributed by atoms with Gasteiger partial charge in [-0.25, -0.2) is 0 Å². The molecule has 1 aliphatic heterocycles. The first-order valence-corrected chi connectivity index (χ1v) is 5.23. The summed E-state index contributed by atoms with van der Waals surface area (Å²) in [6.45, 7) is 1.67. The van der Waals surface area contributed by atoms with Crippen molar-refractivity contribution < 1.29 is 22.6 Å². The number of morpholine rings is 1. The van der Waals surface area contributed by atoms with Gasteiger partial charge in [0.05, 0.1) is 12.7 Å². The normalized spacial score (nSPS) is 21.2. The molecule has 0 saturated carbocycles. The molecular weight excluding hydrogens is 235 g/mol. The van der Waals surface area contributed by atoms with Gasteiger partial charge in [0.25, 0.3) is 0 Å². The predicted molar refractivity (Wildman–Crippen MR) is 54.7 cm³/mol. The standard InChI is InChI=1S/C11H12F3NO2/c12-11(13,14)17-9-4-2-1-3-8(9)10-7-15-5-6-16-10/h1-4,10,15H,5-7H2. The average molecular weight is 247 g/mol. The third-order valence-electron chi connectivity index (χ3n) is 2.42. The molecule has 0 radical (unpaired) electrons. The van der Waals surface area contributed by atoms with Crippen LogP contribution in [0.2, 0.25) is 0 Å². The summed E-state index contributed by atoms with van der Waals surface area (Å²) >= 11 is 0. The molecule has 0 aromatic heterocycles. The minimum Gasteiger partial charge on any atom is -0.405 e. The van der Waals surface area contributed by atoms with Crippen LogP contribution in [0.4, 0.5) is 13.2 Å². The van der Waals surface area contributed by atoms with Crippen LogP contribution in [0.15, 0.2) is 24.3 Å². The summed E-state index contributed by atoms with van der Waals surface area (Å²) in [5.41, 5.74) is 0.414. The molecule has 2 rings (SSSR count). The van der Waals surface area contributed by atoms with E-state index in [-0.39, 0.29) is 5.75 Å². The van der Waals surface area contributed by atoms with Gasteiger partial charge in [0.1, 0.15) is 5.75 Å². The van der Waals surface area contributed by atoms with Gasteiger partial charge in [0.2, 0.25) is 0 Å². The van der Waals surface area contributed by atoms with E-state index in [2.05, 4.69) is 10.1 Å². The van der Waals surface area contributed by atoms with Gasteiger partial charge in [-0.05, 0) is 6.07 Å². The fourth-order valence-corrected chi connectivity index (χ4v) is 1.73. The van der Waals surface area contributed by atoms with E-state index in [0.29, 0.717) is 25.3 Å². The van der Waals surface area contributed by atoms with Crippen molar-refractivity contribution in [3.8, 4) is 5.75 Å². The second kappa shape index (κ2) is 4.93. The molecule has 0 spiro atoms. The maximum atomic E-state index is 12.2. The molecule has 0 bridgehead atoms. The van der Waals surface area contributed by atoms with Crippen LogP contribution in [0.3, 0.4) is 0 Å². The number of alkyl halides is 3. The molecule has 0 aliphatic carbocycles. The average Bonchev–Trinajstić information content (AvgIpc) is 2.29. The number of para-hydroxylation sites is 1. The molecule has 0 amide bonds. The number of halogens is 3. The lowest BCUT2D eigenvalue weighted by Crippen LogP contribution is -2.33. The summed E-state index contributed by atoms with van der Waals surface area (Å²) in [5, 5.41) is 3.06. The molecule has 1 atom stereocenters. The van der Waals surface area contributed by atoms with Crippen LogP contribution in [0.5, 0.6) is 5.75 Å². The van der Waals surface area contributed by atoms with Crippen LogP contribution in [0.25, 0.3) is 0 Å². The van der Waals surface area contributed by atoms with E-state index in [1.165, 1.54) is 12.1 Å². The van der Waals surface area contributed by atoms with Crippen molar-refractivity contribution >= 4 is 0 Å². The topological polar surface area (TPSA) is 30.5 Å². The molecule has 6 heteroatoms. The number of hydrogen-bond acceptors (Lipinski definition) is 3. The molecule has 3 nitrogen and oxygen atoms in total. The van der Waals surface area contributed by atoms with Gasteiger partial charge >= 0.3 is 6.36 Å². The molecular formula is C11H12F3NO2. The van der Waals surface area contributed by atoms with Gasteiger partial charge in [-0.2, -0.15) is 0 Å². The Bertz CT molecular complexity index is 375. The zero-order valence-electron chi connectivity index (χ0n) is 8.96. The molecule has 1 aromatic rings. The first-order valence-electron chi connectivity index (χ1n) is 5.23. The first-order chi connectivity index (χ1) is 8.06. The molecule has 1 heterocycles. The maximum absolute atomic E-state index is 12.2. The Morgan fingerprint density at radius 2 is 2.06 bits per heavy atom. The van der Waals surface area contributed by atoms with Crippen LogP contribution < -0.4 is 10.1 Å². The highest BCUT2D eigenvalue weighted by Crippen LogP contribution is 2.32. The van der Waals surface area contributed by atoms with Gasteiger partial charge < -0.3 is 14.8 Å². The van der Waals surface area contributed by atoms with Gasteiger partial charge in [-0.3, -0.25) is 0 Å². The summed E-state index contributed by atoms with van der Waals surface area (Å²) in [5.74, 6) is -0.200. The number of nitrogens with one attached hydrogen (secondary N) is 1. The van der Waals surface area contributed by atoms with Gasteiger partial charge in [0, 0.05) is 18.7 Å². The highest BCUT2D eigenvalue weighted by atomic mass is 19.4. The highest BCUT2D eigenvalue weighted by Gasteiger charge is 2.33. The Morgan fingerprint density at radius 1 is 1.29 bits per heavy atom. The predicted octanol–water partition coefficient (Wildman–Crippen LogP) is 2.25. The number of hydrogen-bond donors (Lipinski definition) is 1. The smallest absolute Gasteiger partial charge is 0.405 e. The van der Waals surface area contributed by atoms with E-state index in [0.717, 1.165) is 0 Å². The zero-order chi connectivity index (χ0) is 12.3. The van der Waals surface area contributed by atoms with E-state index in [1.807, 2.05) is 0 Å². The summed E-state index contributed by atoms with van der Waals surface area (Å²) in [7, 11) is 0. The first kappa shape index (κ1) is 12.2. The van der Waals surface area contributed by atoms with Crippen molar-refractivity contribution in [2.45, 2.75) is 12.5 Å². The maximum Gasteiger partial charge on any atom is 0.573 e. The van der Waals surface area contributed by atoms with Crippen LogP contribution in [0.1, 0.15) is 11.7 Å². The van der Waals surface area contributed by atoms with Crippen LogP contribution in [0, 0.1) is 0 Å². The summed E-state index contributed by atoms with van der Waals surface area (Å²) in [4.78, 5) is 0. The molecule has 17 heavy (non-hydrogen) atoms. The van der Waals surface area contributed by atoms with E-state index in [9.17, 15) is 13.2 Å². The minimum absolute atomic E-state index is 0.200. The lowest BCUT2D eigenvalue weighted by molar-refractivity contribution is -0.275. The molecule has 1 fully saturated rings. The van der Waals surface area contributed by atoms with Crippen molar-refractivity contribution in [2.75, 3.05) is 19.7 Å². The van der Waals surface area contributed by atoms with Crippen molar-refractivity contribution in [2.24, 2.45) is 0 Å². The van der Waals surface area contributed by atoms with Crippen molar-refractivity contribution in [3.05, 3.63) is 29.8 Å². The molecule has 1 saturated heterocycles. The lowest BCUT2D eigenvalue weighted by Gasteiger charge is -2.25. The highest BCUT2D eigenvalue weighted by molar-refractivity contribution is 5.35. The molecule has 1 aliphatic rings. The second-order valence-corrected chi connectivity index (χ2v) is 3.65. The van der Waals surface area contributed by atoms with Gasteiger partial charge in [0.15, 0.2) is 0 Å². The van der Waals surface area contributed by atoms with E-state index in [1.54, 1.807) is 12.1 Å². The Kier molecular flexibility index (Phi) is 3.54. The molecule has 94 valence electrons. The number of benzene rings is 1. The SMILES string of the molecule is FC(F)(F)Oc1ccccc1C1CNCCO1. The Hall–Kier alpha value is -1.27. The van der Waals surface area contributed by atoms with Crippen molar-refractivity contribution in [3.63, 3.8) is 0 Å². The molecule has 1 aromatic carbocycles. The quantitative estimate of drug-likeness (QED) is 0.869. The number of ether oxygens (including phenoxy) is 2. The second-order valence-electron chi connectivity index (χ2n) is 3.65. The van der Waals surface area contributed by atoms with Crippen LogP contribution in [-0.2, 0) is 4.74 Å². The van der Waals surface area contributed by atoms with E-state index >= 15 is 0 Å². The van der Waals surface area contributed by atoms with Crippen LogP contribution in [-0.4, -0.2) is 26.1 Å². The minimum atomic E-state index is -4.68. The molecule has 1 unspecified atom stereocenters. The fraction of sp³-hybridized carbons (Fsp3) is 0.455. The third kappa shape index (κ3) is 3.34. The zero-order valence-corrected chi connectivity index (χ0v) is 8.96. The monoisotopic (exact) mass is 247 g/mol. The molecule has 1 N–H and O–H groups in total. The Balaban J connectivity index is 2.20. The third-order valence-corrected chi connectivity index (χ3v) is 2.42. The van der Waals surface area contributed by atoms with Gasteiger partial charge in [-0.15, -0.1) is 13.2 Å². The fourth-order valence-electron chi connectivity index (χ4n) is 1.73. The summed E-state index contributed by atoms with van der Waals surface area (Å²) in [6.07, 6.45) is -5.08. The summed E-state index contributed by atoms with van der Waals surface area (Å²) < 4.78 is 46.0. The number of rotatable bonds is 2. The van der Waals surface area contributed by atoms with E-state index < -0.39 is 12.5 Å². The summed E-state index contributed by atoms with van der Waals surface area (Å²) in [6, 6.07) is 6.04. The van der Waals surface area contributed by atoms with Crippen molar-refractivity contribution in [1.82, 2.24) is 5.32 Å². The Morgan fingerprint density at radius 3 is 2.71 bits per heavy atom. The van der Waals surface area contributed by atoms with Gasteiger partial charge in [-0.1, -0.05) is 18.2 Å².